The molecule has 1 saturated heterocycles. The second-order valence-corrected chi connectivity index (χ2v) is 12.6. The molecule has 3 aromatic rings. The average Bonchev–Trinajstić information content (AvgIpc) is 3.72. The van der Waals surface area contributed by atoms with Crippen LogP contribution in [0, 0.1) is 5.82 Å². The number of carbonyl (C=O) groups is 1. The van der Waals surface area contributed by atoms with Crippen molar-refractivity contribution in [1.82, 2.24) is 24.6 Å². The second-order valence-electron chi connectivity index (χ2n) is 9.94. The van der Waals surface area contributed by atoms with Crippen molar-refractivity contribution >= 4 is 31.9 Å². The second kappa shape index (κ2) is 11.0. The first-order valence-corrected chi connectivity index (χ1v) is 14.8. The van der Waals surface area contributed by atoms with E-state index < -0.39 is 52.0 Å². The largest absolute Gasteiger partial charge is 0.451 e. The van der Waals surface area contributed by atoms with Crippen molar-refractivity contribution in [2.45, 2.75) is 68.0 Å². The number of hydrogen-bond donors (Lipinski definition) is 1. The number of amides is 1. The lowest BCUT2D eigenvalue weighted by Gasteiger charge is -2.27. The fourth-order valence-electron chi connectivity index (χ4n) is 4.74. The number of aromatic nitrogens is 3. The number of hydrogen-bond acceptors (Lipinski definition) is 6. The summed E-state index contributed by atoms with van der Waals surface area (Å²) >= 11 is 3.49. The lowest BCUT2D eigenvalue weighted by Crippen LogP contribution is -2.48. The van der Waals surface area contributed by atoms with Crippen LogP contribution < -0.4 is 5.32 Å². The SMILES string of the molecule is C[C@H]1[C@H](F)C[C@@H](C(=O)NCc2cc(-c3cnc(C(F)(F)F)nc3)c(Br)c(C3CC3)n2)N1S(=O)(=O)c1ccc(F)cc1. The zero-order valence-electron chi connectivity index (χ0n) is 21.4. The lowest BCUT2D eigenvalue weighted by atomic mass is 10.1. The highest BCUT2D eigenvalue weighted by Crippen LogP contribution is 2.45. The van der Waals surface area contributed by atoms with Crippen molar-refractivity contribution in [3.8, 4) is 11.1 Å². The zero-order valence-corrected chi connectivity index (χ0v) is 23.8. The highest BCUT2D eigenvalue weighted by molar-refractivity contribution is 9.10. The van der Waals surface area contributed by atoms with E-state index in [0.717, 1.165) is 53.8 Å². The van der Waals surface area contributed by atoms with E-state index in [4.69, 9.17) is 0 Å². The minimum atomic E-state index is -4.70. The average molecular weight is 660 g/mol. The molecule has 2 fully saturated rings. The Kier molecular flexibility index (Phi) is 7.89. The summed E-state index contributed by atoms with van der Waals surface area (Å²) in [6, 6.07) is 3.09. The Morgan fingerprint density at radius 1 is 1.15 bits per heavy atom. The first-order chi connectivity index (χ1) is 19.3. The molecule has 218 valence electrons. The number of rotatable bonds is 7. The van der Waals surface area contributed by atoms with Gasteiger partial charge in [-0.3, -0.25) is 9.78 Å². The van der Waals surface area contributed by atoms with E-state index in [-0.39, 0.29) is 23.8 Å². The molecule has 1 aliphatic carbocycles. The highest BCUT2D eigenvalue weighted by atomic mass is 79.9. The quantitative estimate of drug-likeness (QED) is 0.352. The molecule has 41 heavy (non-hydrogen) atoms. The number of nitrogens with one attached hydrogen (secondary N) is 1. The normalized spacial score (nSPS) is 21.7. The maximum Gasteiger partial charge on any atom is 0.451 e. The molecule has 2 aliphatic rings. The van der Waals surface area contributed by atoms with Crippen molar-refractivity contribution < 1.29 is 35.2 Å². The molecule has 1 saturated carbocycles. The van der Waals surface area contributed by atoms with Gasteiger partial charge in [0.05, 0.1) is 28.9 Å². The van der Waals surface area contributed by atoms with Gasteiger partial charge < -0.3 is 5.32 Å². The summed E-state index contributed by atoms with van der Waals surface area (Å²) in [4.78, 5) is 24.4. The Morgan fingerprint density at radius 3 is 2.37 bits per heavy atom. The monoisotopic (exact) mass is 659 g/mol. The molecule has 3 atom stereocenters. The van der Waals surface area contributed by atoms with E-state index in [2.05, 4.69) is 36.2 Å². The number of benzene rings is 1. The molecule has 1 aromatic carbocycles. The third-order valence-electron chi connectivity index (χ3n) is 7.03. The number of nitrogens with zero attached hydrogens (tertiary/aromatic N) is 4. The maximum atomic E-state index is 14.7. The van der Waals surface area contributed by atoms with Gasteiger partial charge in [0.1, 0.15) is 18.0 Å². The molecule has 15 heteroatoms. The van der Waals surface area contributed by atoms with Crippen LogP contribution in [0.25, 0.3) is 11.1 Å². The Bertz CT molecular complexity index is 1570. The summed E-state index contributed by atoms with van der Waals surface area (Å²) in [6.07, 6.45) is -2.86. The predicted octanol–water partition coefficient (Wildman–Crippen LogP) is 5.14. The molecule has 1 N–H and O–H groups in total. The van der Waals surface area contributed by atoms with E-state index in [1.54, 1.807) is 6.07 Å². The number of carbonyl (C=O) groups excluding carboxylic acids is 1. The van der Waals surface area contributed by atoms with Crippen LogP contribution >= 0.6 is 15.9 Å². The molecule has 3 heterocycles. The Hall–Kier alpha value is -3.04. The van der Waals surface area contributed by atoms with Crippen LogP contribution in [0.3, 0.4) is 0 Å². The first-order valence-electron chi connectivity index (χ1n) is 12.6. The summed E-state index contributed by atoms with van der Waals surface area (Å²) in [5.41, 5.74) is 1.78. The van der Waals surface area contributed by atoms with Crippen molar-refractivity contribution in [3.05, 3.63) is 70.2 Å². The van der Waals surface area contributed by atoms with E-state index in [1.165, 1.54) is 6.92 Å². The standard InChI is InChI=1S/C26H23BrF5N5O3S/c1-13-20(29)9-21(37(13)41(39,40)18-6-4-16(28)5-7-18)24(38)33-12-17-8-19(22(27)23(36-17)14-2-3-14)15-10-34-25(35-11-15)26(30,31)32/h4-8,10-11,13-14,20-21H,2-3,9,12H2,1H3,(H,33,38)/t13-,20+,21-/m0/s1. The van der Waals surface area contributed by atoms with Gasteiger partial charge in [-0.2, -0.15) is 17.5 Å². The first kappa shape index (κ1) is 29.5. The molecule has 1 aliphatic heterocycles. The molecule has 8 nitrogen and oxygen atoms in total. The Balaban J connectivity index is 1.40. The maximum absolute atomic E-state index is 14.7. The highest BCUT2D eigenvalue weighted by Gasteiger charge is 2.49. The van der Waals surface area contributed by atoms with Crippen molar-refractivity contribution in [1.29, 1.82) is 0 Å². The minimum absolute atomic E-state index is 0.119. The topological polar surface area (TPSA) is 105 Å². The Morgan fingerprint density at radius 2 is 1.78 bits per heavy atom. The summed E-state index contributed by atoms with van der Waals surface area (Å²) in [7, 11) is -4.34. The van der Waals surface area contributed by atoms with Crippen molar-refractivity contribution in [3.63, 3.8) is 0 Å². The molecule has 0 spiro atoms. The van der Waals surface area contributed by atoms with Crippen molar-refractivity contribution in [2.75, 3.05) is 0 Å². The van der Waals surface area contributed by atoms with Gasteiger partial charge in [-0.05, 0) is 66.0 Å². The third-order valence-corrected chi connectivity index (χ3v) is 9.88. The fraction of sp³-hybridized carbons (Fsp3) is 0.385. The van der Waals surface area contributed by atoms with Crippen LogP contribution in [0.5, 0.6) is 0 Å². The van der Waals surface area contributed by atoms with Gasteiger partial charge in [0.15, 0.2) is 0 Å². The molecule has 1 amide bonds. The molecule has 0 unspecified atom stereocenters. The van der Waals surface area contributed by atoms with Gasteiger partial charge in [0, 0.05) is 40.3 Å². The van der Waals surface area contributed by atoms with Crippen LogP contribution in [0.15, 0.2) is 52.1 Å². The van der Waals surface area contributed by atoms with E-state index in [0.29, 0.717) is 27.0 Å². The van der Waals surface area contributed by atoms with Crippen LogP contribution in [0.4, 0.5) is 22.0 Å². The van der Waals surface area contributed by atoms with Gasteiger partial charge in [0.25, 0.3) is 0 Å². The number of sulfonamides is 1. The Labute approximate surface area is 240 Å². The number of pyridine rings is 1. The van der Waals surface area contributed by atoms with Crippen LogP contribution in [0.1, 0.15) is 49.3 Å². The molecule has 0 radical (unpaired) electrons. The number of alkyl halides is 4. The molecule has 2 aromatic heterocycles. The molecular formula is C26H23BrF5N5O3S. The molecular weight excluding hydrogens is 637 g/mol. The van der Waals surface area contributed by atoms with Crippen molar-refractivity contribution in [2.24, 2.45) is 0 Å². The summed E-state index contributed by atoms with van der Waals surface area (Å²) < 4.78 is 94.9. The summed E-state index contributed by atoms with van der Waals surface area (Å²) in [5.74, 6) is -2.56. The van der Waals surface area contributed by atoms with Gasteiger partial charge >= 0.3 is 6.18 Å². The molecule has 5 rings (SSSR count). The summed E-state index contributed by atoms with van der Waals surface area (Å²) in [5, 5.41) is 2.63. The molecule has 0 bridgehead atoms. The van der Waals surface area contributed by atoms with Crippen LogP contribution in [-0.2, 0) is 27.5 Å². The third kappa shape index (κ3) is 5.97. The van der Waals surface area contributed by atoms with E-state index in [9.17, 15) is 35.2 Å². The predicted molar refractivity (Wildman–Crippen MR) is 140 cm³/mol. The number of halogens is 6. The lowest BCUT2D eigenvalue weighted by molar-refractivity contribution is -0.145. The zero-order chi connectivity index (χ0) is 29.7. The smallest absolute Gasteiger partial charge is 0.349 e. The van der Waals surface area contributed by atoms with Crippen LogP contribution in [-0.4, -0.2) is 51.8 Å². The minimum Gasteiger partial charge on any atom is -0.349 e. The van der Waals surface area contributed by atoms with E-state index in [1.807, 2.05) is 0 Å². The van der Waals surface area contributed by atoms with Gasteiger partial charge in [-0.15, -0.1) is 0 Å². The van der Waals surface area contributed by atoms with Gasteiger partial charge in [0.2, 0.25) is 21.8 Å². The van der Waals surface area contributed by atoms with Gasteiger partial charge in [-0.25, -0.2) is 27.2 Å². The van der Waals surface area contributed by atoms with E-state index >= 15 is 0 Å². The van der Waals surface area contributed by atoms with Gasteiger partial charge in [-0.1, -0.05) is 0 Å². The summed E-state index contributed by atoms with van der Waals surface area (Å²) in [6.45, 7) is 1.20. The van der Waals surface area contributed by atoms with Crippen LogP contribution in [0.2, 0.25) is 0 Å². The fourth-order valence-corrected chi connectivity index (χ4v) is 7.30.